The van der Waals surface area contributed by atoms with E-state index < -0.39 is 24.3 Å². The molecule has 2 saturated heterocycles. The van der Waals surface area contributed by atoms with Crippen molar-refractivity contribution in [2.24, 2.45) is 0 Å². The van der Waals surface area contributed by atoms with Gasteiger partial charge < -0.3 is 23.7 Å². The number of carbonyl (C=O) groups is 1. The minimum Gasteiger partial charge on any atom is -0.345 e. The van der Waals surface area contributed by atoms with Gasteiger partial charge in [-0.15, -0.1) is 0 Å². The Morgan fingerprint density at radius 2 is 1.90 bits per heavy atom. The Labute approximate surface area is 117 Å². The number of rotatable bonds is 4. The summed E-state index contributed by atoms with van der Waals surface area (Å²) in [4.78, 5) is 11.1. The Morgan fingerprint density at radius 1 is 1.20 bits per heavy atom. The quantitative estimate of drug-likeness (QED) is 0.784. The average molecular weight is 278 g/mol. The Bertz CT molecular complexity index is 472. The molecule has 1 aromatic carbocycles. The topological polar surface area (TPSA) is 54.0 Å². The Balaban J connectivity index is 1.66. The molecule has 0 spiro atoms. The number of carbonyl (C=O) groups excluding carboxylic acids is 1. The molecule has 108 valence electrons. The lowest BCUT2D eigenvalue weighted by Crippen LogP contribution is -2.31. The lowest BCUT2D eigenvalue weighted by atomic mass is 10.1. The number of hydrogen-bond acceptors (Lipinski definition) is 5. The SMILES string of the molecule is CC1(C)OC2[C@H](C=O)O[C@@H](OCc3ccccc3)[C@H]2O1. The van der Waals surface area contributed by atoms with Gasteiger partial charge in [-0.05, 0) is 19.4 Å². The second kappa shape index (κ2) is 5.26. The van der Waals surface area contributed by atoms with Crippen LogP contribution >= 0.6 is 0 Å². The van der Waals surface area contributed by atoms with E-state index in [4.69, 9.17) is 18.9 Å². The van der Waals surface area contributed by atoms with Crippen molar-refractivity contribution in [2.45, 2.75) is 50.8 Å². The van der Waals surface area contributed by atoms with Crippen LogP contribution in [0.5, 0.6) is 0 Å². The Kier molecular flexibility index (Phi) is 3.60. The molecule has 0 aromatic heterocycles. The summed E-state index contributed by atoms with van der Waals surface area (Å²) >= 11 is 0. The van der Waals surface area contributed by atoms with E-state index >= 15 is 0 Å². The molecule has 0 N–H and O–H groups in total. The molecule has 4 atom stereocenters. The summed E-state index contributed by atoms with van der Waals surface area (Å²) in [5.74, 6) is -0.714. The summed E-state index contributed by atoms with van der Waals surface area (Å²) in [5.41, 5.74) is 1.04. The van der Waals surface area contributed by atoms with Gasteiger partial charge in [-0.25, -0.2) is 0 Å². The fourth-order valence-corrected chi connectivity index (χ4v) is 2.59. The van der Waals surface area contributed by atoms with Crippen LogP contribution in [0.15, 0.2) is 30.3 Å². The first-order valence-corrected chi connectivity index (χ1v) is 6.71. The van der Waals surface area contributed by atoms with Crippen LogP contribution in [0.1, 0.15) is 19.4 Å². The summed E-state index contributed by atoms with van der Waals surface area (Å²) in [5, 5.41) is 0. The molecule has 0 bridgehead atoms. The van der Waals surface area contributed by atoms with Gasteiger partial charge in [0.05, 0.1) is 6.61 Å². The summed E-state index contributed by atoms with van der Waals surface area (Å²) in [6, 6.07) is 9.79. The van der Waals surface area contributed by atoms with E-state index in [1.807, 2.05) is 44.2 Å². The van der Waals surface area contributed by atoms with Gasteiger partial charge in [-0.1, -0.05) is 30.3 Å². The fourth-order valence-electron chi connectivity index (χ4n) is 2.59. The summed E-state index contributed by atoms with van der Waals surface area (Å²) in [7, 11) is 0. The second-order valence-corrected chi connectivity index (χ2v) is 5.47. The molecule has 2 heterocycles. The molecular weight excluding hydrogens is 260 g/mol. The lowest BCUT2D eigenvalue weighted by Gasteiger charge is -2.22. The summed E-state index contributed by atoms with van der Waals surface area (Å²) < 4.78 is 22.8. The first kappa shape index (κ1) is 13.7. The standard InChI is InChI=1S/C15H18O5/c1-15(2)19-12-11(8-16)18-14(13(12)20-15)17-9-10-6-4-3-5-7-10/h3-8,11-14H,9H2,1-2H3/t11-,12?,13-,14+/m0/s1. The summed E-state index contributed by atoms with van der Waals surface area (Å²) in [6.45, 7) is 4.05. The van der Waals surface area contributed by atoms with Crippen LogP contribution in [0.3, 0.4) is 0 Å². The maximum atomic E-state index is 11.1. The zero-order valence-electron chi connectivity index (χ0n) is 11.5. The molecular formula is C15H18O5. The molecule has 5 nitrogen and oxygen atoms in total. The molecule has 1 aromatic rings. The maximum Gasteiger partial charge on any atom is 0.187 e. The molecule has 0 saturated carbocycles. The van der Waals surface area contributed by atoms with Crippen LogP contribution in [0.25, 0.3) is 0 Å². The lowest BCUT2D eigenvalue weighted by molar-refractivity contribution is -0.232. The first-order valence-electron chi connectivity index (χ1n) is 6.71. The van der Waals surface area contributed by atoms with Crippen LogP contribution in [0.2, 0.25) is 0 Å². The van der Waals surface area contributed by atoms with Gasteiger partial charge in [0, 0.05) is 0 Å². The first-order chi connectivity index (χ1) is 9.59. The molecule has 0 amide bonds. The minimum atomic E-state index is -0.714. The zero-order valence-corrected chi connectivity index (χ0v) is 11.5. The largest absolute Gasteiger partial charge is 0.345 e. The average Bonchev–Trinajstić information content (AvgIpc) is 2.91. The van der Waals surface area contributed by atoms with Crippen molar-refractivity contribution in [1.29, 1.82) is 0 Å². The molecule has 5 heteroatoms. The van der Waals surface area contributed by atoms with E-state index in [-0.39, 0.29) is 6.10 Å². The molecule has 20 heavy (non-hydrogen) atoms. The highest BCUT2D eigenvalue weighted by Gasteiger charge is 2.55. The predicted octanol–water partition coefficient (Wildman–Crippen LogP) is 1.65. The molecule has 3 rings (SSSR count). The molecule has 0 radical (unpaired) electrons. The number of aldehydes is 1. The minimum absolute atomic E-state index is 0.371. The van der Waals surface area contributed by atoms with Crippen molar-refractivity contribution >= 4 is 6.29 Å². The fraction of sp³-hybridized carbons (Fsp3) is 0.533. The van der Waals surface area contributed by atoms with Gasteiger partial charge in [0.1, 0.15) is 18.3 Å². The van der Waals surface area contributed by atoms with E-state index in [0.717, 1.165) is 11.8 Å². The van der Waals surface area contributed by atoms with Gasteiger partial charge in [0.25, 0.3) is 0 Å². The van der Waals surface area contributed by atoms with Crippen LogP contribution < -0.4 is 0 Å². The van der Waals surface area contributed by atoms with E-state index in [1.54, 1.807) is 0 Å². The molecule has 2 fully saturated rings. The van der Waals surface area contributed by atoms with E-state index in [0.29, 0.717) is 6.61 Å². The van der Waals surface area contributed by atoms with Crippen molar-refractivity contribution in [3.05, 3.63) is 35.9 Å². The second-order valence-electron chi connectivity index (χ2n) is 5.47. The molecule has 2 aliphatic rings. The van der Waals surface area contributed by atoms with Crippen LogP contribution in [0, 0.1) is 0 Å². The highest BCUT2D eigenvalue weighted by atomic mass is 16.8. The molecule has 2 aliphatic heterocycles. The number of benzene rings is 1. The highest BCUT2D eigenvalue weighted by molar-refractivity contribution is 5.58. The third kappa shape index (κ3) is 2.62. The third-order valence-electron chi connectivity index (χ3n) is 3.44. The third-order valence-corrected chi connectivity index (χ3v) is 3.44. The van der Waals surface area contributed by atoms with Crippen molar-refractivity contribution in [3.8, 4) is 0 Å². The van der Waals surface area contributed by atoms with Gasteiger partial charge in [0.15, 0.2) is 18.4 Å². The van der Waals surface area contributed by atoms with Crippen LogP contribution in [0.4, 0.5) is 0 Å². The van der Waals surface area contributed by atoms with Gasteiger partial charge in [-0.3, -0.25) is 0 Å². The number of hydrogen-bond donors (Lipinski definition) is 0. The highest BCUT2D eigenvalue weighted by Crippen LogP contribution is 2.38. The van der Waals surface area contributed by atoms with E-state index in [1.165, 1.54) is 0 Å². The Morgan fingerprint density at radius 3 is 2.60 bits per heavy atom. The molecule has 0 aliphatic carbocycles. The van der Waals surface area contributed by atoms with Crippen molar-refractivity contribution in [3.63, 3.8) is 0 Å². The van der Waals surface area contributed by atoms with Gasteiger partial charge in [-0.2, -0.15) is 0 Å². The Hall–Kier alpha value is -1.27. The van der Waals surface area contributed by atoms with Crippen molar-refractivity contribution in [1.82, 2.24) is 0 Å². The summed E-state index contributed by atoms with van der Waals surface area (Å²) in [6.07, 6.45) is -1.25. The van der Waals surface area contributed by atoms with Crippen LogP contribution in [-0.2, 0) is 30.3 Å². The van der Waals surface area contributed by atoms with E-state index in [9.17, 15) is 4.79 Å². The zero-order chi connectivity index (χ0) is 14.2. The van der Waals surface area contributed by atoms with Crippen molar-refractivity contribution < 1.29 is 23.7 Å². The molecule has 1 unspecified atom stereocenters. The van der Waals surface area contributed by atoms with E-state index in [2.05, 4.69) is 0 Å². The normalized spacial score (nSPS) is 34.9. The van der Waals surface area contributed by atoms with Crippen molar-refractivity contribution in [2.75, 3.05) is 0 Å². The van der Waals surface area contributed by atoms with Gasteiger partial charge in [0.2, 0.25) is 0 Å². The van der Waals surface area contributed by atoms with Crippen LogP contribution in [-0.4, -0.2) is 36.7 Å². The maximum absolute atomic E-state index is 11.1. The monoisotopic (exact) mass is 278 g/mol. The van der Waals surface area contributed by atoms with Gasteiger partial charge >= 0.3 is 0 Å². The smallest absolute Gasteiger partial charge is 0.187 e. The number of fused-ring (bicyclic) bond motifs is 1. The predicted molar refractivity (Wildman–Crippen MR) is 69.8 cm³/mol. The number of ether oxygens (including phenoxy) is 4.